The highest BCUT2D eigenvalue weighted by Crippen LogP contribution is 2.32. The van der Waals surface area contributed by atoms with Gasteiger partial charge in [0.15, 0.2) is 0 Å². The Morgan fingerprint density at radius 2 is 1.96 bits per heavy atom. The Bertz CT molecular complexity index is 807. The molecule has 124 valence electrons. The van der Waals surface area contributed by atoms with Crippen molar-refractivity contribution in [3.05, 3.63) is 45.0 Å². The summed E-state index contributed by atoms with van der Waals surface area (Å²) in [6, 6.07) is 2.58. The lowest BCUT2D eigenvalue weighted by Gasteiger charge is -2.13. The van der Waals surface area contributed by atoms with Crippen molar-refractivity contribution in [1.82, 2.24) is 9.78 Å². The maximum atomic E-state index is 14.1. The summed E-state index contributed by atoms with van der Waals surface area (Å²) in [6.45, 7) is 0. The molecule has 1 heterocycles. The van der Waals surface area contributed by atoms with E-state index in [0.29, 0.717) is 16.4 Å². The van der Waals surface area contributed by atoms with Crippen LogP contribution < -0.4 is 10.2 Å². The van der Waals surface area contributed by atoms with E-state index in [1.807, 2.05) is 0 Å². The van der Waals surface area contributed by atoms with Crippen LogP contribution in [-0.2, 0) is 13.2 Å². The van der Waals surface area contributed by atoms with Crippen molar-refractivity contribution in [3.8, 4) is 11.3 Å². The SMILES string of the molecule is CSNc1cc(-c2nn(C)c(C(F)(F)F)cc2=O)c(F)cc1Cl. The summed E-state index contributed by atoms with van der Waals surface area (Å²) in [7, 11) is 1.03. The van der Waals surface area contributed by atoms with Crippen LogP contribution >= 0.6 is 23.5 Å². The normalized spacial score (nSPS) is 11.6. The van der Waals surface area contributed by atoms with Crippen LogP contribution in [0.15, 0.2) is 23.0 Å². The molecule has 4 nitrogen and oxygen atoms in total. The van der Waals surface area contributed by atoms with Crippen LogP contribution in [0.4, 0.5) is 23.2 Å². The largest absolute Gasteiger partial charge is 0.433 e. The number of aromatic nitrogens is 2. The highest BCUT2D eigenvalue weighted by molar-refractivity contribution is 7.99. The first-order valence-corrected chi connectivity index (χ1v) is 7.69. The number of hydrogen-bond acceptors (Lipinski definition) is 4. The third kappa shape index (κ3) is 3.61. The molecular weight excluding hydrogens is 358 g/mol. The molecule has 23 heavy (non-hydrogen) atoms. The summed E-state index contributed by atoms with van der Waals surface area (Å²) >= 11 is 7.04. The second-order valence-corrected chi connectivity index (χ2v) is 5.50. The van der Waals surface area contributed by atoms with Crippen LogP contribution in [0.3, 0.4) is 0 Å². The van der Waals surface area contributed by atoms with Crippen molar-refractivity contribution < 1.29 is 17.6 Å². The summed E-state index contributed by atoms with van der Waals surface area (Å²) in [5.74, 6) is -0.856. The molecule has 0 aliphatic rings. The van der Waals surface area contributed by atoms with Gasteiger partial charge in [-0.15, -0.1) is 0 Å². The lowest BCUT2D eigenvalue weighted by molar-refractivity contribution is -0.144. The Kier molecular flexibility index (Phi) is 4.90. The molecule has 0 saturated carbocycles. The predicted molar refractivity (Wildman–Crippen MR) is 82.0 cm³/mol. The fourth-order valence-corrected chi connectivity index (χ4v) is 2.55. The molecule has 0 fully saturated rings. The molecule has 0 bridgehead atoms. The zero-order valence-electron chi connectivity index (χ0n) is 11.8. The van der Waals surface area contributed by atoms with Gasteiger partial charge in [0.25, 0.3) is 0 Å². The van der Waals surface area contributed by atoms with Crippen molar-refractivity contribution >= 4 is 29.2 Å². The summed E-state index contributed by atoms with van der Waals surface area (Å²) in [5, 5.41) is 3.64. The van der Waals surface area contributed by atoms with E-state index in [4.69, 9.17) is 11.6 Å². The van der Waals surface area contributed by atoms with Gasteiger partial charge < -0.3 is 4.72 Å². The van der Waals surface area contributed by atoms with E-state index in [9.17, 15) is 22.4 Å². The van der Waals surface area contributed by atoms with Gasteiger partial charge in [0.05, 0.1) is 10.7 Å². The summed E-state index contributed by atoms with van der Waals surface area (Å²) in [5.41, 5.74) is -2.60. The maximum Gasteiger partial charge on any atom is 0.433 e. The molecule has 0 aliphatic heterocycles. The van der Waals surface area contributed by atoms with E-state index in [0.717, 1.165) is 13.1 Å². The van der Waals surface area contributed by atoms with Gasteiger partial charge in [-0.25, -0.2) is 4.39 Å². The van der Waals surface area contributed by atoms with E-state index >= 15 is 0 Å². The highest BCUT2D eigenvalue weighted by atomic mass is 35.5. The van der Waals surface area contributed by atoms with Gasteiger partial charge in [-0.3, -0.25) is 9.48 Å². The molecule has 0 atom stereocenters. The lowest BCUT2D eigenvalue weighted by atomic mass is 10.1. The molecule has 0 amide bonds. The Labute approximate surface area is 137 Å². The molecule has 10 heteroatoms. The Morgan fingerprint density at radius 3 is 2.52 bits per heavy atom. The fraction of sp³-hybridized carbons (Fsp3) is 0.231. The minimum atomic E-state index is -4.73. The quantitative estimate of drug-likeness (QED) is 0.659. The van der Waals surface area contributed by atoms with E-state index in [2.05, 4.69) is 9.82 Å². The number of hydrogen-bond donors (Lipinski definition) is 1. The average Bonchev–Trinajstić information content (AvgIpc) is 2.43. The molecule has 1 aromatic carbocycles. The fourth-order valence-electron chi connectivity index (χ4n) is 1.91. The van der Waals surface area contributed by atoms with Crippen molar-refractivity contribution in [2.24, 2.45) is 7.05 Å². The topological polar surface area (TPSA) is 46.9 Å². The molecule has 2 aromatic rings. The van der Waals surface area contributed by atoms with Gasteiger partial charge in [-0.1, -0.05) is 23.5 Å². The second-order valence-electron chi connectivity index (χ2n) is 4.48. The first kappa shape index (κ1) is 17.6. The number of halogens is 5. The smallest absolute Gasteiger partial charge is 0.329 e. The number of benzene rings is 1. The molecule has 1 N–H and O–H groups in total. The monoisotopic (exact) mass is 367 g/mol. The zero-order valence-corrected chi connectivity index (χ0v) is 13.4. The summed E-state index contributed by atoms with van der Waals surface area (Å²) in [6.07, 6.45) is -3.03. The molecule has 2 rings (SSSR count). The maximum absolute atomic E-state index is 14.1. The summed E-state index contributed by atoms with van der Waals surface area (Å²) in [4.78, 5) is 11.9. The molecule has 0 unspecified atom stereocenters. The number of rotatable bonds is 3. The standard InChI is InChI=1S/C13H10ClF4N3OS/c1-21-11(13(16,17)18)5-10(22)12(19-21)6-3-9(20-23-2)7(14)4-8(6)15/h3-5,20H,1-2H3. The average molecular weight is 368 g/mol. The third-order valence-corrected chi connectivity index (χ3v) is 3.65. The molecule has 1 aromatic heterocycles. The van der Waals surface area contributed by atoms with Crippen molar-refractivity contribution in [1.29, 1.82) is 0 Å². The highest BCUT2D eigenvalue weighted by Gasteiger charge is 2.34. The minimum absolute atomic E-state index is 0.0735. The van der Waals surface area contributed by atoms with Crippen LogP contribution in [0, 0.1) is 5.82 Å². The van der Waals surface area contributed by atoms with Gasteiger partial charge in [-0.2, -0.15) is 18.3 Å². The van der Waals surface area contributed by atoms with Crippen molar-refractivity contribution in [2.75, 3.05) is 11.0 Å². The van der Waals surface area contributed by atoms with Crippen LogP contribution in [0.2, 0.25) is 5.02 Å². The first-order chi connectivity index (χ1) is 10.6. The lowest BCUT2D eigenvalue weighted by Crippen LogP contribution is -2.22. The van der Waals surface area contributed by atoms with Crippen LogP contribution in [-0.4, -0.2) is 16.0 Å². The predicted octanol–water partition coefficient (Wildman–Crippen LogP) is 3.95. The Hall–Kier alpha value is -1.74. The number of aryl methyl sites for hydroxylation is 1. The number of anilines is 1. The van der Waals surface area contributed by atoms with E-state index < -0.39 is 28.8 Å². The van der Waals surface area contributed by atoms with Gasteiger partial charge in [0.1, 0.15) is 17.2 Å². The molecule has 0 saturated heterocycles. The Morgan fingerprint density at radius 1 is 1.30 bits per heavy atom. The first-order valence-electron chi connectivity index (χ1n) is 6.09. The van der Waals surface area contributed by atoms with E-state index in [1.165, 1.54) is 18.0 Å². The number of alkyl halides is 3. The van der Waals surface area contributed by atoms with Crippen LogP contribution in [0.5, 0.6) is 0 Å². The molecular formula is C13H10ClF4N3OS. The molecule has 0 radical (unpaired) electrons. The van der Waals surface area contributed by atoms with Gasteiger partial charge in [0, 0.05) is 24.9 Å². The zero-order chi connectivity index (χ0) is 17.4. The number of nitrogens with zero attached hydrogens (tertiary/aromatic N) is 2. The van der Waals surface area contributed by atoms with E-state index in [1.54, 1.807) is 6.26 Å². The third-order valence-electron chi connectivity index (χ3n) is 2.91. The Balaban J connectivity index is 2.66. The van der Waals surface area contributed by atoms with Gasteiger partial charge in [-0.05, 0) is 12.1 Å². The van der Waals surface area contributed by atoms with Crippen molar-refractivity contribution in [2.45, 2.75) is 6.18 Å². The molecule has 0 aliphatic carbocycles. The van der Waals surface area contributed by atoms with E-state index in [-0.39, 0.29) is 10.6 Å². The summed E-state index contributed by atoms with van der Waals surface area (Å²) < 4.78 is 55.6. The van der Waals surface area contributed by atoms with Crippen LogP contribution in [0.25, 0.3) is 11.3 Å². The van der Waals surface area contributed by atoms with Crippen molar-refractivity contribution in [3.63, 3.8) is 0 Å². The molecule has 0 spiro atoms. The number of nitrogens with one attached hydrogen (secondary N) is 1. The minimum Gasteiger partial charge on any atom is -0.329 e. The van der Waals surface area contributed by atoms with Gasteiger partial charge in [0.2, 0.25) is 5.43 Å². The van der Waals surface area contributed by atoms with Gasteiger partial charge >= 0.3 is 6.18 Å². The second kappa shape index (κ2) is 6.40. The van der Waals surface area contributed by atoms with Crippen LogP contribution in [0.1, 0.15) is 5.69 Å².